The maximum absolute atomic E-state index is 5.69. The lowest BCUT2D eigenvalue weighted by atomic mass is 10.1. The van der Waals surface area contributed by atoms with Crippen molar-refractivity contribution in [3.05, 3.63) is 71.4 Å². The van der Waals surface area contributed by atoms with Crippen molar-refractivity contribution in [2.45, 2.75) is 0 Å². The highest BCUT2D eigenvalue weighted by atomic mass is 15.1. The van der Waals surface area contributed by atoms with Gasteiger partial charge in [-0.2, -0.15) is 10.2 Å². The first-order valence-corrected chi connectivity index (χ1v) is 7.77. The molecule has 0 bridgehead atoms. The Hall–Kier alpha value is -3.40. The molecule has 0 aliphatic rings. The SMILES string of the molecule is N/N=c1\c2ccccc2c2cc3c(cc12)/c(=N/N)c1ccccc13. The fourth-order valence-corrected chi connectivity index (χ4v) is 3.85. The van der Waals surface area contributed by atoms with Gasteiger partial charge in [-0.1, -0.05) is 48.5 Å². The number of benzene rings is 3. The summed E-state index contributed by atoms with van der Waals surface area (Å²) in [5.41, 5.74) is 0. The van der Waals surface area contributed by atoms with Crippen LogP contribution in [0, 0.1) is 0 Å². The van der Waals surface area contributed by atoms with Gasteiger partial charge in [-0.05, 0) is 33.7 Å². The van der Waals surface area contributed by atoms with Crippen LogP contribution in [0.3, 0.4) is 0 Å². The zero-order valence-corrected chi connectivity index (χ0v) is 12.8. The molecule has 0 fully saturated rings. The highest BCUT2D eigenvalue weighted by Crippen LogP contribution is 2.31. The Bertz CT molecular complexity index is 1270. The van der Waals surface area contributed by atoms with Crippen LogP contribution in [0.15, 0.2) is 70.9 Å². The van der Waals surface area contributed by atoms with Gasteiger partial charge in [-0.15, -0.1) is 0 Å². The van der Waals surface area contributed by atoms with Gasteiger partial charge in [0.05, 0.1) is 10.7 Å². The number of hydrogen-bond donors (Lipinski definition) is 2. The maximum atomic E-state index is 5.69. The molecule has 0 saturated carbocycles. The topological polar surface area (TPSA) is 76.8 Å². The highest BCUT2D eigenvalue weighted by Gasteiger charge is 2.14. The molecule has 0 atom stereocenters. The molecule has 0 radical (unpaired) electrons. The molecule has 0 spiro atoms. The van der Waals surface area contributed by atoms with E-state index in [1.165, 1.54) is 0 Å². The van der Waals surface area contributed by atoms with E-state index in [9.17, 15) is 0 Å². The molecule has 0 aliphatic heterocycles. The lowest BCUT2D eigenvalue weighted by Crippen LogP contribution is -2.05. The number of nitrogens with zero attached hydrogens (tertiary/aromatic N) is 2. The van der Waals surface area contributed by atoms with Crippen LogP contribution in [0.1, 0.15) is 0 Å². The Kier molecular flexibility index (Phi) is 2.48. The van der Waals surface area contributed by atoms with Crippen molar-refractivity contribution in [1.82, 2.24) is 0 Å². The third kappa shape index (κ3) is 1.47. The summed E-state index contributed by atoms with van der Waals surface area (Å²) in [6, 6.07) is 20.7. The smallest absolute Gasteiger partial charge is 0.0984 e. The van der Waals surface area contributed by atoms with E-state index in [2.05, 4.69) is 46.6 Å². The first-order chi connectivity index (χ1) is 11.8. The molecular formula is C20H14N4. The number of fused-ring (bicyclic) bond motifs is 6. The van der Waals surface area contributed by atoms with Crippen LogP contribution in [0.2, 0.25) is 0 Å². The molecule has 0 aliphatic carbocycles. The minimum absolute atomic E-state index is 0.815. The fourth-order valence-electron chi connectivity index (χ4n) is 3.85. The van der Waals surface area contributed by atoms with Crippen LogP contribution < -0.4 is 22.4 Å². The van der Waals surface area contributed by atoms with E-state index >= 15 is 0 Å². The van der Waals surface area contributed by atoms with Gasteiger partial charge in [-0.3, -0.25) is 0 Å². The third-order valence-electron chi connectivity index (χ3n) is 4.87. The molecule has 24 heavy (non-hydrogen) atoms. The molecule has 0 heterocycles. The van der Waals surface area contributed by atoms with Gasteiger partial charge in [0, 0.05) is 21.5 Å². The van der Waals surface area contributed by atoms with Gasteiger partial charge in [0.2, 0.25) is 0 Å². The largest absolute Gasteiger partial charge is 0.323 e. The summed E-state index contributed by atoms with van der Waals surface area (Å²) in [7, 11) is 0. The van der Waals surface area contributed by atoms with Crippen molar-refractivity contribution in [3.63, 3.8) is 0 Å². The van der Waals surface area contributed by atoms with Crippen LogP contribution in [-0.2, 0) is 0 Å². The molecule has 5 aromatic carbocycles. The molecule has 4 nitrogen and oxygen atoms in total. The van der Waals surface area contributed by atoms with E-state index in [4.69, 9.17) is 11.7 Å². The second kappa shape index (κ2) is 4.55. The molecule has 0 unspecified atom stereocenters. The third-order valence-corrected chi connectivity index (χ3v) is 4.87. The molecule has 5 rings (SSSR count). The van der Waals surface area contributed by atoms with E-state index in [-0.39, 0.29) is 0 Å². The first-order valence-electron chi connectivity index (χ1n) is 7.77. The minimum Gasteiger partial charge on any atom is -0.323 e. The quantitative estimate of drug-likeness (QED) is 0.341. The lowest BCUT2D eigenvalue weighted by Gasteiger charge is -1.95. The Morgan fingerprint density at radius 1 is 0.458 bits per heavy atom. The van der Waals surface area contributed by atoms with Crippen molar-refractivity contribution in [1.29, 1.82) is 0 Å². The second-order valence-corrected chi connectivity index (χ2v) is 5.99. The van der Waals surface area contributed by atoms with Crippen LogP contribution in [0.25, 0.3) is 43.1 Å². The Labute approximate surface area is 137 Å². The van der Waals surface area contributed by atoms with Crippen molar-refractivity contribution in [3.8, 4) is 0 Å². The maximum Gasteiger partial charge on any atom is 0.0984 e. The summed E-state index contributed by atoms with van der Waals surface area (Å²) >= 11 is 0. The Morgan fingerprint density at radius 3 is 1.25 bits per heavy atom. The van der Waals surface area contributed by atoms with E-state index in [0.717, 1.165) is 53.8 Å². The van der Waals surface area contributed by atoms with Crippen LogP contribution in [0.4, 0.5) is 0 Å². The van der Waals surface area contributed by atoms with Crippen molar-refractivity contribution in [2.75, 3.05) is 0 Å². The van der Waals surface area contributed by atoms with Crippen molar-refractivity contribution < 1.29 is 0 Å². The summed E-state index contributed by atoms with van der Waals surface area (Å²) in [5, 5.41) is 18.5. The molecule has 5 aromatic rings. The van der Waals surface area contributed by atoms with Gasteiger partial charge in [0.1, 0.15) is 0 Å². The van der Waals surface area contributed by atoms with Crippen LogP contribution in [-0.4, -0.2) is 0 Å². The Morgan fingerprint density at radius 2 is 0.833 bits per heavy atom. The van der Waals surface area contributed by atoms with Gasteiger partial charge in [0.25, 0.3) is 0 Å². The van der Waals surface area contributed by atoms with Crippen molar-refractivity contribution >= 4 is 43.1 Å². The molecule has 0 saturated heterocycles. The second-order valence-electron chi connectivity index (χ2n) is 5.99. The summed E-state index contributed by atoms with van der Waals surface area (Å²) in [5.74, 6) is 11.4. The predicted molar refractivity (Wildman–Crippen MR) is 98.3 cm³/mol. The summed E-state index contributed by atoms with van der Waals surface area (Å²) in [4.78, 5) is 0. The minimum atomic E-state index is 0.815. The summed E-state index contributed by atoms with van der Waals surface area (Å²) in [6.45, 7) is 0. The van der Waals surface area contributed by atoms with Gasteiger partial charge >= 0.3 is 0 Å². The molecular weight excluding hydrogens is 296 g/mol. The Balaban J connectivity index is 2.16. The number of hydrogen-bond acceptors (Lipinski definition) is 4. The monoisotopic (exact) mass is 310 g/mol. The first kappa shape index (κ1) is 13.1. The normalized spacial score (nSPS) is 13.8. The lowest BCUT2D eigenvalue weighted by molar-refractivity contribution is 1.17. The van der Waals surface area contributed by atoms with Crippen LogP contribution >= 0.6 is 0 Å². The van der Waals surface area contributed by atoms with Crippen molar-refractivity contribution in [2.24, 2.45) is 21.9 Å². The molecule has 4 N–H and O–H groups in total. The predicted octanol–water partition coefficient (Wildman–Crippen LogP) is 2.72. The molecule has 114 valence electrons. The molecule has 4 heteroatoms. The molecule has 0 aromatic heterocycles. The van der Waals surface area contributed by atoms with Gasteiger partial charge in [-0.25, -0.2) is 0 Å². The molecule has 0 amide bonds. The van der Waals surface area contributed by atoms with Gasteiger partial charge < -0.3 is 11.7 Å². The standard InChI is InChI=1S/C20H14N4/c21-23-19-13-7-3-1-5-11(13)15-9-16-12-6-2-4-8-14(12)20(24-22)18(16)10-17(15)19/h1-10H,21-22H2/b23-19+,24-20+. The van der Waals surface area contributed by atoms with E-state index < -0.39 is 0 Å². The number of rotatable bonds is 0. The average Bonchev–Trinajstić information content (AvgIpc) is 3.11. The zero-order chi connectivity index (χ0) is 16.3. The summed E-state index contributed by atoms with van der Waals surface area (Å²) < 4.78 is 0. The average molecular weight is 310 g/mol. The van der Waals surface area contributed by atoms with Gasteiger partial charge in [0.15, 0.2) is 0 Å². The van der Waals surface area contributed by atoms with E-state index in [1.54, 1.807) is 0 Å². The highest BCUT2D eigenvalue weighted by molar-refractivity contribution is 6.21. The summed E-state index contributed by atoms with van der Waals surface area (Å²) in [6.07, 6.45) is 0. The number of nitrogens with two attached hydrogens (primary N) is 2. The van der Waals surface area contributed by atoms with E-state index in [1.807, 2.05) is 24.3 Å². The van der Waals surface area contributed by atoms with Crippen LogP contribution in [0.5, 0.6) is 0 Å². The fraction of sp³-hybridized carbons (Fsp3) is 0. The zero-order valence-electron chi connectivity index (χ0n) is 12.8. The van der Waals surface area contributed by atoms with E-state index in [0.29, 0.717) is 0 Å².